The summed E-state index contributed by atoms with van der Waals surface area (Å²) in [6.45, 7) is 1.07. The van der Waals surface area contributed by atoms with E-state index in [9.17, 15) is 14.4 Å². The molecule has 33 heavy (non-hydrogen) atoms. The van der Waals surface area contributed by atoms with Crippen molar-refractivity contribution in [1.29, 1.82) is 0 Å². The summed E-state index contributed by atoms with van der Waals surface area (Å²) >= 11 is 0. The van der Waals surface area contributed by atoms with Crippen molar-refractivity contribution in [3.8, 4) is 0 Å². The van der Waals surface area contributed by atoms with Crippen molar-refractivity contribution < 1.29 is 14.4 Å². The summed E-state index contributed by atoms with van der Waals surface area (Å²) < 4.78 is 0. The number of carbonyl (C=O) groups is 3. The molecule has 0 saturated carbocycles. The molecule has 2 heterocycles. The number of hydrazone groups is 1. The zero-order valence-corrected chi connectivity index (χ0v) is 18.5. The molecule has 2 aliphatic heterocycles. The molecule has 0 bridgehead atoms. The maximum Gasteiger partial charge on any atom is 0.270 e. The quantitative estimate of drug-likeness (QED) is 0.675. The van der Waals surface area contributed by atoms with Gasteiger partial charge in [0.15, 0.2) is 0 Å². The van der Waals surface area contributed by atoms with E-state index in [1.54, 1.807) is 4.90 Å². The minimum absolute atomic E-state index is 0.0339. The number of benzene rings is 2. The second-order valence-corrected chi connectivity index (χ2v) is 8.47. The summed E-state index contributed by atoms with van der Waals surface area (Å²) in [4.78, 5) is 39.1. The van der Waals surface area contributed by atoms with Crippen LogP contribution in [0.25, 0.3) is 0 Å². The lowest BCUT2D eigenvalue weighted by molar-refractivity contribution is -0.125. The molecule has 172 valence electrons. The van der Waals surface area contributed by atoms with Crippen molar-refractivity contribution >= 4 is 29.1 Å². The molecule has 8 heteroatoms. The fourth-order valence-electron chi connectivity index (χ4n) is 4.29. The van der Waals surface area contributed by atoms with Gasteiger partial charge in [0.25, 0.3) is 5.91 Å². The van der Waals surface area contributed by atoms with Crippen molar-refractivity contribution in [2.24, 2.45) is 10.8 Å². The SMILES string of the molecule is NC(=O)C1CC(C(=O)N2CCC(NC(=O)CCc3ccccc3)CC2)=NN1c1ccccc1. The molecule has 4 rings (SSSR count). The van der Waals surface area contributed by atoms with Gasteiger partial charge in [-0.15, -0.1) is 0 Å². The highest BCUT2D eigenvalue weighted by molar-refractivity contribution is 6.40. The fourth-order valence-corrected chi connectivity index (χ4v) is 4.29. The molecule has 0 spiro atoms. The Labute approximate surface area is 193 Å². The van der Waals surface area contributed by atoms with E-state index in [4.69, 9.17) is 5.73 Å². The average molecular weight is 448 g/mol. The number of piperidine rings is 1. The molecular formula is C25H29N5O3. The van der Waals surface area contributed by atoms with E-state index in [2.05, 4.69) is 10.4 Å². The first-order chi connectivity index (χ1) is 16.0. The van der Waals surface area contributed by atoms with E-state index in [0.717, 1.165) is 11.3 Å². The highest BCUT2D eigenvalue weighted by atomic mass is 16.2. The Bertz CT molecular complexity index is 1020. The van der Waals surface area contributed by atoms with Crippen LogP contribution in [0, 0.1) is 0 Å². The number of hydrogen-bond donors (Lipinski definition) is 2. The van der Waals surface area contributed by atoms with E-state index in [-0.39, 0.29) is 24.3 Å². The van der Waals surface area contributed by atoms with Crippen LogP contribution in [0.15, 0.2) is 65.8 Å². The number of anilines is 1. The number of aryl methyl sites for hydroxylation is 1. The largest absolute Gasteiger partial charge is 0.368 e. The standard InChI is InChI=1S/C25H29N5O3/c26-24(32)22-17-21(28-30(22)20-9-5-2-6-10-20)25(33)29-15-13-19(14-16-29)27-23(31)12-11-18-7-3-1-4-8-18/h1-10,19,22H,11-17H2,(H2,26,32)(H,27,31). The first kappa shape index (κ1) is 22.5. The molecule has 2 aromatic rings. The summed E-state index contributed by atoms with van der Waals surface area (Å²) in [6.07, 6.45) is 2.74. The third kappa shape index (κ3) is 5.58. The first-order valence-corrected chi connectivity index (χ1v) is 11.3. The van der Waals surface area contributed by atoms with Crippen LogP contribution in [0.1, 0.15) is 31.2 Å². The molecule has 1 fully saturated rings. The van der Waals surface area contributed by atoms with Gasteiger partial charge in [-0.05, 0) is 37.0 Å². The number of amides is 3. The molecule has 3 amide bonds. The van der Waals surface area contributed by atoms with Crippen molar-refractivity contribution in [3.05, 3.63) is 66.2 Å². The Kier molecular flexibility index (Phi) is 7.02. The smallest absolute Gasteiger partial charge is 0.270 e. The molecule has 3 N–H and O–H groups in total. The third-order valence-corrected chi connectivity index (χ3v) is 6.14. The molecule has 2 aliphatic rings. The minimum atomic E-state index is -0.673. The average Bonchev–Trinajstić information content (AvgIpc) is 3.30. The normalized spacial score (nSPS) is 18.7. The lowest BCUT2D eigenvalue weighted by Crippen LogP contribution is -2.48. The van der Waals surface area contributed by atoms with Crippen LogP contribution in [0.4, 0.5) is 5.69 Å². The predicted molar refractivity (Wildman–Crippen MR) is 126 cm³/mol. The summed E-state index contributed by atoms with van der Waals surface area (Å²) in [5.41, 5.74) is 7.78. The van der Waals surface area contributed by atoms with Crippen LogP contribution in [0.3, 0.4) is 0 Å². The zero-order chi connectivity index (χ0) is 23.2. The number of nitrogens with one attached hydrogen (secondary N) is 1. The molecule has 0 aliphatic carbocycles. The van der Waals surface area contributed by atoms with E-state index in [1.807, 2.05) is 60.7 Å². The van der Waals surface area contributed by atoms with Gasteiger partial charge in [-0.2, -0.15) is 5.10 Å². The Morgan fingerprint density at radius 1 is 0.970 bits per heavy atom. The van der Waals surface area contributed by atoms with E-state index in [0.29, 0.717) is 44.5 Å². The van der Waals surface area contributed by atoms with Crippen LogP contribution in [-0.2, 0) is 20.8 Å². The van der Waals surface area contributed by atoms with Crippen LogP contribution in [0.5, 0.6) is 0 Å². The lowest BCUT2D eigenvalue weighted by atomic mass is 10.0. The van der Waals surface area contributed by atoms with E-state index in [1.165, 1.54) is 5.01 Å². The number of carbonyl (C=O) groups excluding carboxylic acids is 3. The zero-order valence-electron chi connectivity index (χ0n) is 18.5. The molecule has 2 aromatic carbocycles. The molecular weight excluding hydrogens is 418 g/mol. The highest BCUT2D eigenvalue weighted by Crippen LogP contribution is 2.25. The Morgan fingerprint density at radius 3 is 2.24 bits per heavy atom. The second kappa shape index (κ2) is 10.3. The number of nitrogens with two attached hydrogens (primary N) is 1. The molecule has 8 nitrogen and oxygen atoms in total. The number of nitrogens with zero attached hydrogens (tertiary/aromatic N) is 3. The summed E-state index contributed by atoms with van der Waals surface area (Å²) in [6, 6.07) is 18.6. The molecule has 1 unspecified atom stereocenters. The van der Waals surface area contributed by atoms with Crippen molar-refractivity contribution in [2.45, 2.75) is 44.2 Å². The highest BCUT2D eigenvalue weighted by Gasteiger charge is 2.37. The van der Waals surface area contributed by atoms with E-state index < -0.39 is 11.9 Å². The van der Waals surface area contributed by atoms with Gasteiger partial charge >= 0.3 is 0 Å². The monoisotopic (exact) mass is 447 g/mol. The molecule has 1 saturated heterocycles. The first-order valence-electron chi connectivity index (χ1n) is 11.3. The summed E-state index contributed by atoms with van der Waals surface area (Å²) in [5.74, 6) is -0.650. The predicted octanol–water partition coefficient (Wildman–Crippen LogP) is 1.85. The van der Waals surface area contributed by atoms with Crippen LogP contribution < -0.4 is 16.1 Å². The van der Waals surface area contributed by atoms with Crippen LogP contribution in [0.2, 0.25) is 0 Å². The van der Waals surface area contributed by atoms with Gasteiger partial charge < -0.3 is 16.0 Å². The Balaban J connectivity index is 1.29. The third-order valence-electron chi connectivity index (χ3n) is 6.14. The van der Waals surface area contributed by atoms with Gasteiger partial charge in [0.2, 0.25) is 11.8 Å². The van der Waals surface area contributed by atoms with Gasteiger partial charge in [-0.1, -0.05) is 48.5 Å². The van der Waals surface area contributed by atoms with Crippen LogP contribution >= 0.6 is 0 Å². The number of likely N-dealkylation sites (tertiary alicyclic amines) is 1. The number of hydrogen-bond acceptors (Lipinski definition) is 5. The maximum atomic E-state index is 13.1. The van der Waals surface area contributed by atoms with Crippen molar-refractivity contribution in [2.75, 3.05) is 18.1 Å². The van der Waals surface area contributed by atoms with Gasteiger partial charge in [-0.3, -0.25) is 19.4 Å². The Morgan fingerprint density at radius 2 is 1.61 bits per heavy atom. The molecule has 0 radical (unpaired) electrons. The molecule has 0 aromatic heterocycles. The van der Waals surface area contributed by atoms with E-state index >= 15 is 0 Å². The lowest BCUT2D eigenvalue weighted by Gasteiger charge is -2.32. The minimum Gasteiger partial charge on any atom is -0.368 e. The fraction of sp³-hybridized carbons (Fsp3) is 0.360. The number of para-hydroxylation sites is 1. The van der Waals surface area contributed by atoms with Gasteiger partial charge in [0, 0.05) is 32.0 Å². The van der Waals surface area contributed by atoms with Crippen molar-refractivity contribution in [3.63, 3.8) is 0 Å². The summed E-state index contributed by atoms with van der Waals surface area (Å²) in [5, 5.41) is 9.07. The summed E-state index contributed by atoms with van der Waals surface area (Å²) in [7, 11) is 0. The number of primary amides is 1. The second-order valence-electron chi connectivity index (χ2n) is 8.47. The maximum absolute atomic E-state index is 13.1. The van der Waals surface area contributed by atoms with Crippen LogP contribution in [-0.4, -0.2) is 53.5 Å². The number of rotatable bonds is 7. The Hall–Kier alpha value is -3.68. The van der Waals surface area contributed by atoms with Gasteiger partial charge in [0.1, 0.15) is 11.8 Å². The molecule has 1 atom stereocenters. The topological polar surface area (TPSA) is 108 Å². The van der Waals surface area contributed by atoms with Gasteiger partial charge in [-0.25, -0.2) is 0 Å². The van der Waals surface area contributed by atoms with Gasteiger partial charge in [0.05, 0.1) is 5.69 Å². The van der Waals surface area contributed by atoms with Crippen molar-refractivity contribution in [1.82, 2.24) is 10.2 Å².